The van der Waals surface area contributed by atoms with Crippen molar-refractivity contribution in [2.24, 2.45) is 23.7 Å². The first kappa shape index (κ1) is 9.09. The molecule has 2 atom stereocenters. The van der Waals surface area contributed by atoms with Crippen molar-refractivity contribution in [3.05, 3.63) is 0 Å². The summed E-state index contributed by atoms with van der Waals surface area (Å²) >= 11 is 0. The highest BCUT2D eigenvalue weighted by molar-refractivity contribution is 4.87. The molecule has 0 bridgehead atoms. The minimum absolute atomic E-state index is 1.01. The van der Waals surface area contributed by atoms with Crippen LogP contribution in [0.15, 0.2) is 0 Å². The Hall–Kier alpha value is 0. The SMILES string of the molecule is CCC(CC)C1C(C)CC1C. The lowest BCUT2D eigenvalue weighted by Crippen LogP contribution is -2.38. The molecule has 0 nitrogen and oxygen atoms in total. The summed E-state index contributed by atoms with van der Waals surface area (Å²) in [5.74, 6) is 4.07. The van der Waals surface area contributed by atoms with Gasteiger partial charge in [0.05, 0.1) is 0 Å². The van der Waals surface area contributed by atoms with Crippen LogP contribution in [0.1, 0.15) is 47.0 Å². The van der Waals surface area contributed by atoms with Gasteiger partial charge in [0.25, 0.3) is 0 Å². The van der Waals surface area contributed by atoms with E-state index in [0.29, 0.717) is 0 Å². The minimum atomic E-state index is 1.01. The van der Waals surface area contributed by atoms with Crippen LogP contribution in [0.5, 0.6) is 0 Å². The van der Waals surface area contributed by atoms with Crippen LogP contribution < -0.4 is 0 Å². The summed E-state index contributed by atoms with van der Waals surface area (Å²) < 4.78 is 0. The van der Waals surface area contributed by atoms with Gasteiger partial charge in [0.1, 0.15) is 0 Å². The lowest BCUT2D eigenvalue weighted by molar-refractivity contribution is 0.0381. The zero-order valence-corrected chi connectivity index (χ0v) is 8.43. The average Bonchev–Trinajstić information content (AvgIpc) is 2.00. The predicted molar refractivity (Wildman–Crippen MR) is 50.5 cm³/mol. The van der Waals surface area contributed by atoms with E-state index in [-0.39, 0.29) is 0 Å². The first-order chi connectivity index (χ1) is 5.20. The molecule has 0 heterocycles. The van der Waals surface area contributed by atoms with Crippen molar-refractivity contribution in [3.63, 3.8) is 0 Å². The first-order valence-corrected chi connectivity index (χ1v) is 5.20. The smallest absolute Gasteiger partial charge is 0.0334 e. The molecule has 0 aliphatic heterocycles. The maximum absolute atomic E-state index is 2.42. The fourth-order valence-electron chi connectivity index (χ4n) is 3.03. The molecular weight excluding hydrogens is 132 g/mol. The van der Waals surface area contributed by atoms with Gasteiger partial charge in [-0.25, -0.2) is 0 Å². The van der Waals surface area contributed by atoms with Gasteiger partial charge in [0, 0.05) is 0 Å². The van der Waals surface area contributed by atoms with E-state index in [4.69, 9.17) is 0 Å². The van der Waals surface area contributed by atoms with Gasteiger partial charge in [-0.3, -0.25) is 0 Å². The summed E-state index contributed by atoms with van der Waals surface area (Å²) in [6.45, 7) is 9.52. The van der Waals surface area contributed by atoms with Crippen molar-refractivity contribution in [3.8, 4) is 0 Å². The summed E-state index contributed by atoms with van der Waals surface area (Å²) in [4.78, 5) is 0. The zero-order valence-electron chi connectivity index (χ0n) is 8.43. The Bertz CT molecular complexity index is 105. The van der Waals surface area contributed by atoms with Gasteiger partial charge in [-0.2, -0.15) is 0 Å². The molecule has 0 radical (unpaired) electrons. The zero-order chi connectivity index (χ0) is 8.43. The quantitative estimate of drug-likeness (QED) is 0.581. The monoisotopic (exact) mass is 154 g/mol. The minimum Gasteiger partial charge on any atom is -0.0651 e. The van der Waals surface area contributed by atoms with Gasteiger partial charge in [-0.1, -0.05) is 40.5 Å². The third-order valence-corrected chi connectivity index (χ3v) is 3.65. The van der Waals surface area contributed by atoms with E-state index in [9.17, 15) is 0 Å². The Labute approximate surface area is 71.4 Å². The van der Waals surface area contributed by atoms with Crippen LogP contribution in [-0.2, 0) is 0 Å². The van der Waals surface area contributed by atoms with Gasteiger partial charge in [-0.05, 0) is 30.1 Å². The molecule has 66 valence electrons. The maximum atomic E-state index is 2.42. The third-order valence-electron chi connectivity index (χ3n) is 3.65. The van der Waals surface area contributed by atoms with E-state index in [1.165, 1.54) is 19.3 Å². The molecule has 0 aromatic heterocycles. The van der Waals surface area contributed by atoms with Crippen molar-refractivity contribution < 1.29 is 0 Å². The summed E-state index contributed by atoms with van der Waals surface area (Å²) in [5.41, 5.74) is 0. The maximum Gasteiger partial charge on any atom is -0.0334 e. The topological polar surface area (TPSA) is 0 Å². The van der Waals surface area contributed by atoms with Gasteiger partial charge in [0.15, 0.2) is 0 Å². The number of hydrogen-bond donors (Lipinski definition) is 0. The molecule has 1 rings (SSSR count). The Morgan fingerprint density at radius 2 is 1.55 bits per heavy atom. The number of rotatable bonds is 3. The van der Waals surface area contributed by atoms with E-state index in [0.717, 1.165) is 23.7 Å². The second-order valence-electron chi connectivity index (χ2n) is 4.34. The fraction of sp³-hybridized carbons (Fsp3) is 1.00. The molecular formula is C11H22. The van der Waals surface area contributed by atoms with E-state index in [1.807, 2.05) is 0 Å². The summed E-state index contributed by atoms with van der Waals surface area (Å²) in [6, 6.07) is 0. The Kier molecular flexibility index (Phi) is 2.98. The van der Waals surface area contributed by atoms with E-state index in [1.54, 1.807) is 0 Å². The third kappa shape index (κ3) is 1.60. The molecule has 1 fully saturated rings. The molecule has 0 spiro atoms. The standard InChI is InChI=1S/C11H22/c1-5-10(6-2)11-8(3)7-9(11)4/h8-11H,5-7H2,1-4H3. The molecule has 0 saturated heterocycles. The highest BCUT2D eigenvalue weighted by atomic mass is 14.4. The lowest BCUT2D eigenvalue weighted by atomic mass is 9.60. The van der Waals surface area contributed by atoms with E-state index in [2.05, 4.69) is 27.7 Å². The molecule has 0 N–H and O–H groups in total. The Morgan fingerprint density at radius 3 is 1.73 bits per heavy atom. The molecule has 1 aliphatic carbocycles. The molecule has 0 heteroatoms. The predicted octanol–water partition coefficient (Wildman–Crippen LogP) is 3.71. The van der Waals surface area contributed by atoms with Crippen LogP contribution in [0.3, 0.4) is 0 Å². The van der Waals surface area contributed by atoms with Crippen LogP contribution >= 0.6 is 0 Å². The highest BCUT2D eigenvalue weighted by Gasteiger charge is 2.38. The van der Waals surface area contributed by atoms with Gasteiger partial charge >= 0.3 is 0 Å². The summed E-state index contributed by atoms with van der Waals surface area (Å²) in [5, 5.41) is 0. The van der Waals surface area contributed by atoms with Crippen molar-refractivity contribution in [2.45, 2.75) is 47.0 Å². The number of hydrogen-bond acceptors (Lipinski definition) is 0. The van der Waals surface area contributed by atoms with E-state index < -0.39 is 0 Å². The second kappa shape index (κ2) is 3.60. The Morgan fingerprint density at radius 1 is 1.09 bits per heavy atom. The van der Waals surface area contributed by atoms with Crippen LogP contribution in [-0.4, -0.2) is 0 Å². The molecule has 0 aromatic rings. The molecule has 1 aliphatic rings. The lowest BCUT2D eigenvalue weighted by Gasteiger charge is -2.45. The van der Waals surface area contributed by atoms with Crippen LogP contribution in [0.2, 0.25) is 0 Å². The molecule has 0 aromatic carbocycles. The van der Waals surface area contributed by atoms with Crippen molar-refractivity contribution in [2.75, 3.05) is 0 Å². The molecule has 1 saturated carbocycles. The van der Waals surface area contributed by atoms with Gasteiger partial charge < -0.3 is 0 Å². The van der Waals surface area contributed by atoms with Gasteiger partial charge in [0.2, 0.25) is 0 Å². The van der Waals surface area contributed by atoms with Crippen LogP contribution in [0.4, 0.5) is 0 Å². The molecule has 0 amide bonds. The van der Waals surface area contributed by atoms with Gasteiger partial charge in [-0.15, -0.1) is 0 Å². The second-order valence-corrected chi connectivity index (χ2v) is 4.34. The molecule has 11 heavy (non-hydrogen) atoms. The summed E-state index contributed by atoms with van der Waals surface area (Å²) in [6.07, 6.45) is 4.24. The first-order valence-electron chi connectivity index (χ1n) is 5.20. The van der Waals surface area contributed by atoms with Crippen molar-refractivity contribution in [1.29, 1.82) is 0 Å². The average molecular weight is 154 g/mol. The normalized spacial score (nSPS) is 37.4. The van der Waals surface area contributed by atoms with Crippen LogP contribution in [0, 0.1) is 23.7 Å². The van der Waals surface area contributed by atoms with Crippen LogP contribution in [0.25, 0.3) is 0 Å². The molecule has 2 unspecified atom stereocenters. The fourth-order valence-corrected chi connectivity index (χ4v) is 3.03. The van der Waals surface area contributed by atoms with E-state index >= 15 is 0 Å². The Balaban J connectivity index is 2.43. The largest absolute Gasteiger partial charge is 0.0651 e. The highest BCUT2D eigenvalue weighted by Crippen LogP contribution is 2.46. The van der Waals surface area contributed by atoms with Crippen molar-refractivity contribution in [1.82, 2.24) is 0 Å². The summed E-state index contributed by atoms with van der Waals surface area (Å²) in [7, 11) is 0. The van der Waals surface area contributed by atoms with Crippen molar-refractivity contribution >= 4 is 0 Å².